The lowest BCUT2D eigenvalue weighted by Gasteiger charge is -2.27. The Morgan fingerprint density at radius 1 is 0.471 bits per heavy atom. The van der Waals surface area contributed by atoms with Gasteiger partial charge < -0.3 is 0 Å². The van der Waals surface area contributed by atoms with Gasteiger partial charge in [0.05, 0.1) is 0 Å². The van der Waals surface area contributed by atoms with Gasteiger partial charge in [-0.25, -0.2) is 0 Å². The van der Waals surface area contributed by atoms with Gasteiger partial charge in [-0.1, -0.05) is 126 Å². The summed E-state index contributed by atoms with van der Waals surface area (Å²) < 4.78 is 4.92. The molecule has 0 nitrogen and oxygen atoms in total. The molecule has 1 heteroatoms. The fourth-order valence-electron chi connectivity index (χ4n) is 5.55. The second kappa shape index (κ2) is 11.8. The Balaban J connectivity index is 2.40. The summed E-state index contributed by atoms with van der Waals surface area (Å²) in [5, 5.41) is 0. The number of rotatable bonds is 9. The summed E-state index contributed by atoms with van der Waals surface area (Å²) in [6.07, 6.45) is 3.46. The number of hydrogen-bond acceptors (Lipinski definition) is 0. The average molecular weight is 469 g/mol. The van der Waals surface area contributed by atoms with Crippen molar-refractivity contribution in [2.45, 2.75) is 81.6 Å². The van der Waals surface area contributed by atoms with Crippen LogP contribution in [0.5, 0.6) is 0 Å². The van der Waals surface area contributed by atoms with Gasteiger partial charge in [0, 0.05) is 0 Å². The van der Waals surface area contributed by atoms with Crippen LogP contribution in [0, 0.1) is 38.5 Å². The van der Waals surface area contributed by atoms with Gasteiger partial charge in [0.15, 0.2) is 0 Å². The maximum atomic E-state index is 2.48. The van der Waals surface area contributed by atoms with Gasteiger partial charge in [-0.05, 0) is 74.5 Å². The van der Waals surface area contributed by atoms with Gasteiger partial charge in [0.25, 0.3) is 0 Å². The molecule has 3 aromatic rings. The van der Waals surface area contributed by atoms with Crippen molar-refractivity contribution in [1.82, 2.24) is 0 Å². The molecule has 3 aromatic carbocycles. The van der Waals surface area contributed by atoms with E-state index in [1.54, 1.807) is 30.0 Å². The zero-order valence-corrected chi connectivity index (χ0v) is 24.3. The summed E-state index contributed by atoms with van der Waals surface area (Å²) in [6, 6.07) is 21.3. The smallest absolute Gasteiger partial charge is 0.0952 e. The molecule has 0 N–H and O–H groups in total. The van der Waals surface area contributed by atoms with E-state index >= 15 is 0 Å². The number of aryl methyl sites for hydroxylation is 3. The highest BCUT2D eigenvalue weighted by Crippen LogP contribution is 2.19. The molecular weight excluding hydrogens is 423 g/mol. The predicted octanol–water partition coefficient (Wildman–Crippen LogP) is 6.72. The molecule has 0 unspecified atom stereocenters. The zero-order valence-electron chi connectivity index (χ0n) is 23.1. The predicted molar refractivity (Wildman–Crippen MR) is 154 cm³/mol. The molecule has 0 aromatic heterocycles. The van der Waals surface area contributed by atoms with Gasteiger partial charge in [-0.3, -0.25) is 0 Å². The molecule has 180 valence electrons. The normalized spacial score (nSPS) is 11.6. The maximum Gasteiger partial charge on any atom is 0.384 e. The summed E-state index contributed by atoms with van der Waals surface area (Å²) >= 11 is -1.69. The Bertz CT molecular complexity index is 962. The topological polar surface area (TPSA) is 0 Å². The lowest BCUT2D eigenvalue weighted by atomic mass is 9.98. The van der Waals surface area contributed by atoms with Crippen molar-refractivity contribution in [2.75, 3.05) is 0 Å². The molecule has 0 bridgehead atoms. The fraction of sp³-hybridized carbons (Fsp3) is 0.455. The van der Waals surface area contributed by atoms with E-state index in [9.17, 15) is 0 Å². The lowest BCUT2D eigenvalue weighted by molar-refractivity contribution is 0.646. The Morgan fingerprint density at radius 3 is 0.971 bits per heavy atom. The number of benzene rings is 3. The van der Waals surface area contributed by atoms with E-state index in [0.29, 0.717) is 17.8 Å². The largest absolute Gasteiger partial charge is 0.384 e. The fourth-order valence-corrected chi connectivity index (χ4v) is 9.55. The van der Waals surface area contributed by atoms with Crippen LogP contribution in [0.4, 0.5) is 0 Å². The molecule has 0 saturated carbocycles. The van der Waals surface area contributed by atoms with Crippen LogP contribution in [-0.2, 0) is 19.3 Å². The molecule has 0 fully saturated rings. The maximum absolute atomic E-state index is 2.48. The van der Waals surface area contributed by atoms with Crippen LogP contribution < -0.4 is 13.3 Å². The third-order valence-electron chi connectivity index (χ3n) is 7.11. The summed E-state index contributed by atoms with van der Waals surface area (Å²) in [5.41, 5.74) is 9.17. The Hall–Kier alpha value is -1.81. The van der Waals surface area contributed by atoms with Crippen molar-refractivity contribution in [1.29, 1.82) is 0 Å². The zero-order chi connectivity index (χ0) is 25.0. The van der Waals surface area contributed by atoms with E-state index in [-0.39, 0.29) is 0 Å². The van der Waals surface area contributed by atoms with E-state index in [1.165, 1.54) is 16.7 Å². The molecule has 0 spiro atoms. The highest BCUT2D eigenvalue weighted by molar-refractivity contribution is 6.96. The molecular formula is C33H45Al. The highest BCUT2D eigenvalue weighted by Gasteiger charge is 2.32. The van der Waals surface area contributed by atoms with Crippen molar-refractivity contribution < 1.29 is 0 Å². The monoisotopic (exact) mass is 468 g/mol. The Kier molecular flexibility index (Phi) is 9.26. The van der Waals surface area contributed by atoms with Crippen molar-refractivity contribution in [3.05, 3.63) is 88.0 Å². The van der Waals surface area contributed by atoms with Crippen LogP contribution >= 0.6 is 0 Å². The summed E-state index contributed by atoms with van der Waals surface area (Å²) in [7, 11) is 0. The summed E-state index contributed by atoms with van der Waals surface area (Å²) in [4.78, 5) is 0. The molecule has 0 atom stereocenters. The molecule has 3 rings (SSSR count). The van der Waals surface area contributed by atoms with Crippen molar-refractivity contribution >= 4 is 27.4 Å². The van der Waals surface area contributed by atoms with Crippen molar-refractivity contribution in [3.8, 4) is 0 Å². The first kappa shape index (κ1) is 26.8. The van der Waals surface area contributed by atoms with Gasteiger partial charge in [0.1, 0.15) is 0 Å². The SMILES string of the molecule is Cc1ccc[c]([Al]([c]2cccc(C)c2CC(C)C)[c]2cccc(C)c2CC(C)C)c1CC(C)C. The van der Waals surface area contributed by atoms with Crippen molar-refractivity contribution in [3.63, 3.8) is 0 Å². The summed E-state index contributed by atoms with van der Waals surface area (Å²) in [6.45, 7) is 21.1. The number of hydrogen-bond donors (Lipinski definition) is 0. The van der Waals surface area contributed by atoms with Crippen LogP contribution in [0.15, 0.2) is 54.6 Å². The first-order valence-electron chi connectivity index (χ1n) is 13.3. The molecule has 34 heavy (non-hydrogen) atoms. The third kappa shape index (κ3) is 6.24. The van der Waals surface area contributed by atoms with E-state index < -0.39 is 14.1 Å². The minimum atomic E-state index is -1.69. The van der Waals surface area contributed by atoms with Crippen LogP contribution in [0.25, 0.3) is 0 Å². The van der Waals surface area contributed by atoms with Crippen LogP contribution in [0.1, 0.15) is 74.9 Å². The average Bonchev–Trinajstić information content (AvgIpc) is 2.74. The van der Waals surface area contributed by atoms with Gasteiger partial charge in [-0.2, -0.15) is 0 Å². The van der Waals surface area contributed by atoms with Crippen molar-refractivity contribution in [2.24, 2.45) is 17.8 Å². The Labute approximate surface area is 214 Å². The van der Waals surface area contributed by atoms with E-state index in [0.717, 1.165) is 19.3 Å². The first-order chi connectivity index (χ1) is 16.1. The molecule has 0 radical (unpaired) electrons. The van der Waals surface area contributed by atoms with E-state index in [1.807, 2.05) is 0 Å². The summed E-state index contributed by atoms with van der Waals surface area (Å²) in [5.74, 6) is 1.94. The minimum absolute atomic E-state index is 0.648. The van der Waals surface area contributed by atoms with Crippen LogP contribution in [0.2, 0.25) is 0 Å². The lowest BCUT2D eigenvalue weighted by Crippen LogP contribution is -2.56. The second-order valence-corrected chi connectivity index (χ2v) is 14.4. The molecule has 0 aliphatic heterocycles. The third-order valence-corrected chi connectivity index (χ3v) is 10.6. The first-order valence-corrected chi connectivity index (χ1v) is 15.1. The quantitative estimate of drug-likeness (QED) is 0.306. The minimum Gasteiger partial charge on any atom is -0.0952 e. The highest BCUT2D eigenvalue weighted by atomic mass is 27.2. The molecule has 0 aliphatic carbocycles. The van der Waals surface area contributed by atoms with Gasteiger partial charge in [0.2, 0.25) is 0 Å². The molecule has 0 heterocycles. The Morgan fingerprint density at radius 2 is 0.735 bits per heavy atom. The van der Waals surface area contributed by atoms with Gasteiger partial charge >= 0.3 is 14.1 Å². The van der Waals surface area contributed by atoms with Crippen LogP contribution in [0.3, 0.4) is 0 Å². The molecule has 0 saturated heterocycles. The van der Waals surface area contributed by atoms with E-state index in [4.69, 9.17) is 0 Å². The molecule has 0 amide bonds. The van der Waals surface area contributed by atoms with Gasteiger partial charge in [-0.15, -0.1) is 0 Å². The van der Waals surface area contributed by atoms with E-state index in [2.05, 4.69) is 117 Å². The second-order valence-electron chi connectivity index (χ2n) is 11.7. The molecule has 0 aliphatic rings. The standard InChI is InChI=1S/3C11H15.Al/c3*1-9(2)8-11-7-5-4-6-10(11)3;/h3*4-6,9H,8H2,1-3H3;. The van der Waals surface area contributed by atoms with Crippen LogP contribution in [-0.4, -0.2) is 14.1 Å².